The quantitative estimate of drug-likeness (QED) is 0.743. The van der Waals surface area contributed by atoms with Gasteiger partial charge in [-0.1, -0.05) is 30.0 Å². The third-order valence-electron chi connectivity index (χ3n) is 4.15. The van der Waals surface area contributed by atoms with Crippen molar-refractivity contribution in [3.05, 3.63) is 46.8 Å². The summed E-state index contributed by atoms with van der Waals surface area (Å²) in [5, 5.41) is 1.68. The molecule has 3 rings (SSSR count). The zero-order valence-corrected chi connectivity index (χ0v) is 18.5. The Balaban J connectivity index is 1.67. The van der Waals surface area contributed by atoms with Crippen LogP contribution in [0.3, 0.4) is 0 Å². The molecular formula is C21H24N2O4S2. The predicted molar refractivity (Wildman–Crippen MR) is 116 cm³/mol. The Bertz CT molecular complexity index is 933. The Morgan fingerprint density at radius 1 is 1.21 bits per heavy atom. The zero-order chi connectivity index (χ0) is 21.2. The lowest BCUT2D eigenvalue weighted by Crippen LogP contribution is -2.33. The van der Waals surface area contributed by atoms with Crippen molar-refractivity contribution in [3.8, 4) is 10.4 Å². The van der Waals surface area contributed by atoms with E-state index in [2.05, 4.69) is 11.4 Å². The van der Waals surface area contributed by atoms with Crippen molar-refractivity contribution in [2.75, 3.05) is 7.05 Å². The molecule has 1 aromatic heterocycles. The number of carbonyl (C=O) groups excluding carboxylic acids is 3. The van der Waals surface area contributed by atoms with Crippen molar-refractivity contribution in [2.45, 2.75) is 44.6 Å². The molecule has 1 saturated heterocycles. The van der Waals surface area contributed by atoms with Crippen LogP contribution in [0.25, 0.3) is 10.4 Å². The van der Waals surface area contributed by atoms with Crippen molar-refractivity contribution in [3.63, 3.8) is 0 Å². The second kappa shape index (κ2) is 8.59. The molecule has 1 aliphatic rings. The first-order chi connectivity index (χ1) is 13.6. The number of hydrogen-bond acceptors (Lipinski definition) is 6. The fourth-order valence-corrected chi connectivity index (χ4v) is 4.86. The fourth-order valence-electron chi connectivity index (χ4n) is 2.85. The molecule has 2 aromatic rings. The fraction of sp³-hybridized carbons (Fsp3) is 0.381. The molecule has 1 atom stereocenters. The summed E-state index contributed by atoms with van der Waals surface area (Å²) in [6.45, 7) is 5.98. The van der Waals surface area contributed by atoms with E-state index >= 15 is 0 Å². The molecule has 0 radical (unpaired) electrons. The van der Waals surface area contributed by atoms with E-state index in [0.29, 0.717) is 13.0 Å². The second-order valence-corrected chi connectivity index (χ2v) is 10.2. The summed E-state index contributed by atoms with van der Waals surface area (Å²) in [6.07, 6.45) is 0.178. The predicted octanol–water partition coefficient (Wildman–Crippen LogP) is 4.68. The molecule has 6 nitrogen and oxygen atoms in total. The molecule has 1 aliphatic heterocycles. The van der Waals surface area contributed by atoms with Gasteiger partial charge in [-0.2, -0.15) is 0 Å². The lowest BCUT2D eigenvalue weighted by Gasteiger charge is -2.24. The van der Waals surface area contributed by atoms with Gasteiger partial charge in [-0.05, 0) is 50.1 Å². The number of amides is 3. The summed E-state index contributed by atoms with van der Waals surface area (Å²) in [4.78, 5) is 39.0. The van der Waals surface area contributed by atoms with Crippen LogP contribution in [0.2, 0.25) is 0 Å². The van der Waals surface area contributed by atoms with E-state index in [0.717, 1.165) is 32.6 Å². The average molecular weight is 433 g/mol. The van der Waals surface area contributed by atoms with Crippen LogP contribution < -0.4 is 5.32 Å². The minimum absolute atomic E-state index is 0.220. The molecule has 1 fully saturated rings. The Morgan fingerprint density at radius 3 is 2.62 bits per heavy atom. The summed E-state index contributed by atoms with van der Waals surface area (Å²) in [7, 11) is 1.72. The molecule has 1 N–H and O–H groups in total. The molecule has 0 bridgehead atoms. The van der Waals surface area contributed by atoms with Crippen LogP contribution in [0.15, 0.2) is 36.4 Å². The van der Waals surface area contributed by atoms with E-state index in [1.165, 1.54) is 0 Å². The topological polar surface area (TPSA) is 75.7 Å². The number of carbonyl (C=O) groups is 3. The van der Waals surface area contributed by atoms with Gasteiger partial charge >= 0.3 is 6.09 Å². The van der Waals surface area contributed by atoms with Gasteiger partial charge in [0.15, 0.2) is 0 Å². The number of nitrogens with one attached hydrogen (secondary N) is 1. The van der Waals surface area contributed by atoms with Crippen LogP contribution in [0.5, 0.6) is 0 Å². The van der Waals surface area contributed by atoms with Gasteiger partial charge in [0.25, 0.3) is 5.24 Å². The van der Waals surface area contributed by atoms with E-state index in [1.807, 2.05) is 51.1 Å². The minimum atomic E-state index is -0.528. The maximum atomic E-state index is 12.2. The number of benzene rings is 1. The van der Waals surface area contributed by atoms with Crippen LogP contribution in [-0.2, 0) is 22.5 Å². The number of thiophene rings is 1. The first kappa shape index (κ1) is 21.4. The Morgan fingerprint density at radius 2 is 1.97 bits per heavy atom. The molecule has 0 spiro atoms. The number of nitrogens with zero attached hydrogens (tertiary/aromatic N) is 1. The highest BCUT2D eigenvalue weighted by molar-refractivity contribution is 8.15. The maximum absolute atomic E-state index is 12.2. The summed E-state index contributed by atoms with van der Waals surface area (Å²) < 4.78 is 5.40. The van der Waals surface area contributed by atoms with Crippen LogP contribution in [0.4, 0.5) is 9.59 Å². The third-order valence-corrected chi connectivity index (χ3v) is 6.29. The molecule has 29 heavy (non-hydrogen) atoms. The van der Waals surface area contributed by atoms with E-state index in [-0.39, 0.29) is 22.5 Å². The smallest absolute Gasteiger partial charge is 0.410 e. The first-order valence-corrected chi connectivity index (χ1v) is 10.9. The van der Waals surface area contributed by atoms with Crippen LogP contribution >= 0.6 is 23.1 Å². The monoisotopic (exact) mass is 432 g/mol. The first-order valence-electron chi connectivity index (χ1n) is 9.24. The molecule has 0 aliphatic carbocycles. The Hall–Kier alpha value is -2.32. The number of thioether (sulfide) groups is 1. The largest absolute Gasteiger partial charge is 0.444 e. The van der Waals surface area contributed by atoms with Gasteiger partial charge in [0.1, 0.15) is 5.60 Å². The third kappa shape index (κ3) is 5.83. The van der Waals surface area contributed by atoms with Gasteiger partial charge in [0, 0.05) is 29.8 Å². The normalized spacial score (nSPS) is 16.6. The highest BCUT2D eigenvalue weighted by atomic mass is 32.2. The van der Waals surface area contributed by atoms with Gasteiger partial charge in [0.2, 0.25) is 5.91 Å². The van der Waals surface area contributed by atoms with Gasteiger partial charge in [-0.25, -0.2) is 4.79 Å². The molecule has 8 heteroatoms. The molecule has 1 aromatic carbocycles. The van der Waals surface area contributed by atoms with Gasteiger partial charge in [-0.15, -0.1) is 11.3 Å². The lowest BCUT2D eigenvalue weighted by molar-refractivity contribution is -0.118. The molecule has 1 unspecified atom stereocenters. The van der Waals surface area contributed by atoms with Gasteiger partial charge in [-0.3, -0.25) is 14.9 Å². The van der Waals surface area contributed by atoms with Crippen molar-refractivity contribution in [1.29, 1.82) is 0 Å². The summed E-state index contributed by atoms with van der Waals surface area (Å²) in [5.74, 6) is -0.220. The number of rotatable bonds is 5. The summed E-state index contributed by atoms with van der Waals surface area (Å²) in [5.41, 5.74) is 1.53. The highest BCUT2D eigenvalue weighted by Gasteiger charge is 2.31. The Labute approximate surface area is 178 Å². The van der Waals surface area contributed by atoms with Gasteiger partial charge < -0.3 is 9.64 Å². The molecule has 2 heterocycles. The van der Waals surface area contributed by atoms with Gasteiger partial charge in [0.05, 0.1) is 5.25 Å². The standard InChI is InChI=1S/C21H24N2O4S2/c1-21(2,3)27-20(26)23(4)12-13-6-5-7-14(10-13)16-9-8-15(28-16)11-17-18(24)22-19(25)29-17/h5-10,17H,11-12H2,1-4H3,(H,22,24,25). The van der Waals surface area contributed by atoms with Crippen molar-refractivity contribution >= 4 is 40.3 Å². The lowest BCUT2D eigenvalue weighted by atomic mass is 10.1. The number of ether oxygens (including phenoxy) is 1. The van der Waals surface area contributed by atoms with E-state index in [9.17, 15) is 14.4 Å². The van der Waals surface area contributed by atoms with Crippen LogP contribution in [-0.4, -0.2) is 40.0 Å². The van der Waals surface area contributed by atoms with E-state index in [4.69, 9.17) is 4.74 Å². The second-order valence-electron chi connectivity index (χ2n) is 7.89. The van der Waals surface area contributed by atoms with Crippen LogP contribution in [0, 0.1) is 0 Å². The Kier molecular flexibility index (Phi) is 6.33. The zero-order valence-electron chi connectivity index (χ0n) is 16.9. The maximum Gasteiger partial charge on any atom is 0.410 e. The van der Waals surface area contributed by atoms with E-state index < -0.39 is 5.60 Å². The molecular weight excluding hydrogens is 408 g/mol. The molecule has 154 valence electrons. The van der Waals surface area contributed by atoms with Crippen molar-refractivity contribution < 1.29 is 19.1 Å². The number of imide groups is 1. The summed E-state index contributed by atoms with van der Waals surface area (Å²) in [6, 6.07) is 12.0. The molecule has 0 saturated carbocycles. The van der Waals surface area contributed by atoms with E-state index in [1.54, 1.807) is 23.3 Å². The van der Waals surface area contributed by atoms with Crippen molar-refractivity contribution in [2.24, 2.45) is 0 Å². The summed E-state index contributed by atoms with van der Waals surface area (Å²) >= 11 is 2.66. The average Bonchev–Trinajstić information content (AvgIpc) is 3.20. The van der Waals surface area contributed by atoms with Crippen molar-refractivity contribution in [1.82, 2.24) is 10.2 Å². The van der Waals surface area contributed by atoms with Crippen LogP contribution in [0.1, 0.15) is 31.2 Å². The minimum Gasteiger partial charge on any atom is -0.444 e. The SMILES string of the molecule is CN(Cc1cccc(-c2ccc(CC3SC(=O)NC3=O)s2)c1)C(=O)OC(C)(C)C. The number of hydrogen-bond donors (Lipinski definition) is 1. The molecule has 3 amide bonds. The highest BCUT2D eigenvalue weighted by Crippen LogP contribution is 2.32.